The highest BCUT2D eigenvalue weighted by molar-refractivity contribution is 7.49. The lowest BCUT2D eigenvalue weighted by Gasteiger charge is -2.30. The molecule has 3 aromatic carbocycles. The van der Waals surface area contributed by atoms with Crippen LogP contribution in [0.3, 0.4) is 0 Å². The number of fused-ring (bicyclic) bond motifs is 3. The second kappa shape index (κ2) is 12.5. The Bertz CT molecular complexity index is 1640. The maximum absolute atomic E-state index is 14.9. The minimum Gasteiger partial charge on any atom is -0.507 e. The topological polar surface area (TPSA) is 65.0 Å². The number of rotatable bonds is 5. The molecule has 5 nitrogen and oxygen atoms in total. The lowest BCUT2D eigenvalue weighted by atomic mass is 9.75. The van der Waals surface area contributed by atoms with Crippen molar-refractivity contribution in [2.24, 2.45) is 0 Å². The molecule has 4 rings (SSSR count). The maximum Gasteiger partial charge on any atom is 0.587 e. The number of aryl methyl sites for hydroxylation is 2. The number of hydrogen-bond acceptors (Lipinski definition) is 5. The van der Waals surface area contributed by atoms with Gasteiger partial charge >= 0.3 is 7.82 Å². The standard InChI is InChI=1S/C42H61O5P/c1-26-20-27(21-32(35(26)43)40(8,9)10)18-17-19-45-48(44)46-36-30(22-28(38(2,3)4)24-33(36)41(11,12)13)31-23-29(39(5,6)7)25-34(37(31)47-48)42(14,15)16/h20-25,43H,17-19H2,1-16H3. The zero-order chi connectivity index (χ0) is 36.4. The zero-order valence-corrected chi connectivity index (χ0v) is 33.5. The van der Waals surface area contributed by atoms with Gasteiger partial charge in [0.05, 0.1) is 6.61 Å². The van der Waals surface area contributed by atoms with Gasteiger partial charge in [0.2, 0.25) is 0 Å². The summed E-state index contributed by atoms with van der Waals surface area (Å²) in [7, 11) is -4.14. The van der Waals surface area contributed by atoms with Crippen LogP contribution in [-0.4, -0.2) is 11.7 Å². The number of hydrogen-bond donors (Lipinski definition) is 1. The van der Waals surface area contributed by atoms with Crippen molar-refractivity contribution in [3.8, 4) is 28.4 Å². The van der Waals surface area contributed by atoms with Gasteiger partial charge in [-0.2, -0.15) is 0 Å². The van der Waals surface area contributed by atoms with Gasteiger partial charge in [0.25, 0.3) is 0 Å². The smallest absolute Gasteiger partial charge is 0.507 e. The second-order valence-corrected chi connectivity index (χ2v) is 20.4. The number of benzene rings is 3. The highest BCUT2D eigenvalue weighted by Crippen LogP contribution is 2.61. The van der Waals surface area contributed by atoms with Crippen molar-refractivity contribution in [3.63, 3.8) is 0 Å². The fourth-order valence-electron chi connectivity index (χ4n) is 6.15. The molecule has 1 aliphatic heterocycles. The highest BCUT2D eigenvalue weighted by atomic mass is 31.2. The van der Waals surface area contributed by atoms with Crippen LogP contribution in [-0.2, 0) is 42.6 Å². The lowest BCUT2D eigenvalue weighted by Crippen LogP contribution is -2.18. The summed E-state index contributed by atoms with van der Waals surface area (Å²) in [6.45, 7) is 34.7. The van der Waals surface area contributed by atoms with E-state index in [1.54, 1.807) is 0 Å². The van der Waals surface area contributed by atoms with Gasteiger partial charge in [0, 0.05) is 22.3 Å². The molecule has 0 aromatic heterocycles. The van der Waals surface area contributed by atoms with E-state index in [1.807, 2.05) is 13.0 Å². The van der Waals surface area contributed by atoms with Gasteiger partial charge in [-0.3, -0.25) is 4.52 Å². The third kappa shape index (κ3) is 8.16. The molecule has 264 valence electrons. The maximum atomic E-state index is 14.9. The van der Waals surface area contributed by atoms with E-state index in [2.05, 4.69) is 134 Å². The molecule has 0 unspecified atom stereocenters. The Balaban J connectivity index is 1.86. The molecule has 3 aromatic rings. The van der Waals surface area contributed by atoms with Gasteiger partial charge in [-0.15, -0.1) is 0 Å². The molecule has 0 amide bonds. The van der Waals surface area contributed by atoms with E-state index in [-0.39, 0.29) is 33.7 Å². The van der Waals surface area contributed by atoms with E-state index in [1.165, 1.54) is 11.1 Å². The lowest BCUT2D eigenvalue weighted by molar-refractivity contribution is 0.207. The van der Waals surface area contributed by atoms with Crippen molar-refractivity contribution in [3.05, 3.63) is 75.3 Å². The molecule has 0 bridgehead atoms. The van der Waals surface area contributed by atoms with Crippen LogP contribution in [0.25, 0.3) is 11.1 Å². The zero-order valence-electron chi connectivity index (χ0n) is 32.6. The van der Waals surface area contributed by atoms with Crippen molar-refractivity contribution in [2.75, 3.05) is 6.61 Å². The van der Waals surface area contributed by atoms with Gasteiger partial charge in [-0.25, -0.2) is 4.57 Å². The molecule has 0 aliphatic carbocycles. The Morgan fingerprint density at radius 3 is 1.40 bits per heavy atom. The third-order valence-corrected chi connectivity index (χ3v) is 10.6. The van der Waals surface area contributed by atoms with Crippen molar-refractivity contribution in [1.29, 1.82) is 0 Å². The molecule has 0 fully saturated rings. The first-order valence-corrected chi connectivity index (χ1v) is 18.9. The molecule has 0 radical (unpaired) electrons. The molecule has 0 saturated heterocycles. The summed E-state index contributed by atoms with van der Waals surface area (Å²) in [5, 5.41) is 10.7. The summed E-state index contributed by atoms with van der Waals surface area (Å²) in [5.74, 6) is 1.47. The molecule has 0 saturated carbocycles. The molecular formula is C42H61O5P. The van der Waals surface area contributed by atoms with E-state index in [9.17, 15) is 9.67 Å². The Morgan fingerprint density at radius 2 is 1.02 bits per heavy atom. The summed E-state index contributed by atoms with van der Waals surface area (Å²) >= 11 is 0. The summed E-state index contributed by atoms with van der Waals surface area (Å²) in [5.41, 5.74) is 7.87. The molecule has 1 N–H and O–H groups in total. The largest absolute Gasteiger partial charge is 0.587 e. The highest BCUT2D eigenvalue weighted by Gasteiger charge is 2.42. The van der Waals surface area contributed by atoms with Gasteiger partial charge in [0.1, 0.15) is 17.2 Å². The van der Waals surface area contributed by atoms with Crippen molar-refractivity contribution >= 4 is 7.82 Å². The van der Waals surface area contributed by atoms with Crippen LogP contribution in [0, 0.1) is 6.92 Å². The van der Waals surface area contributed by atoms with Crippen LogP contribution in [0.4, 0.5) is 0 Å². The van der Waals surface area contributed by atoms with Crippen molar-refractivity contribution < 1.29 is 23.2 Å². The van der Waals surface area contributed by atoms with Crippen molar-refractivity contribution in [1.82, 2.24) is 0 Å². The van der Waals surface area contributed by atoms with Crippen LogP contribution >= 0.6 is 7.82 Å². The Morgan fingerprint density at radius 1 is 0.604 bits per heavy atom. The predicted octanol–water partition coefficient (Wildman–Crippen LogP) is 12.4. The van der Waals surface area contributed by atoms with E-state index in [0.717, 1.165) is 38.9 Å². The number of phosphoric acid groups is 1. The average Bonchev–Trinajstić information content (AvgIpc) is 3.02. The average molecular weight is 677 g/mol. The van der Waals surface area contributed by atoms with Crippen LogP contribution < -0.4 is 9.05 Å². The van der Waals surface area contributed by atoms with Gasteiger partial charge in [-0.05, 0) is 86.8 Å². The quantitative estimate of drug-likeness (QED) is 0.215. The monoisotopic (exact) mass is 676 g/mol. The number of phenolic OH excluding ortho intramolecular Hbond substituents is 1. The van der Waals surface area contributed by atoms with Gasteiger partial charge in [0.15, 0.2) is 0 Å². The minimum atomic E-state index is -4.14. The summed E-state index contributed by atoms with van der Waals surface area (Å²) < 4.78 is 34.3. The first-order chi connectivity index (χ1) is 21.6. The molecule has 48 heavy (non-hydrogen) atoms. The van der Waals surface area contributed by atoms with Crippen LogP contribution in [0.1, 0.15) is 149 Å². The molecule has 6 heteroatoms. The van der Waals surface area contributed by atoms with Crippen LogP contribution in [0.2, 0.25) is 0 Å². The van der Waals surface area contributed by atoms with E-state index < -0.39 is 7.82 Å². The fraction of sp³-hybridized carbons (Fsp3) is 0.571. The predicted molar refractivity (Wildman–Crippen MR) is 201 cm³/mol. The molecule has 1 aliphatic rings. The summed E-state index contributed by atoms with van der Waals surface area (Å²) in [4.78, 5) is 0. The molecule has 0 atom stereocenters. The SMILES string of the molecule is Cc1cc(CCCOP2(=O)Oc3c(cc(C(C)(C)C)cc3C(C)(C)C)-c3cc(C(C)(C)C)cc(C(C)(C)C)c3O2)cc(C(C)(C)C)c1O. The Labute approximate surface area is 291 Å². The number of aromatic hydroxyl groups is 1. The molecule has 0 spiro atoms. The third-order valence-electron chi connectivity index (χ3n) is 9.25. The van der Waals surface area contributed by atoms with E-state index in [0.29, 0.717) is 30.1 Å². The van der Waals surface area contributed by atoms with Crippen LogP contribution in [0.15, 0.2) is 36.4 Å². The molecular weight excluding hydrogens is 615 g/mol. The first kappa shape index (κ1) is 38.1. The van der Waals surface area contributed by atoms with Gasteiger partial charge in [-0.1, -0.05) is 128 Å². The van der Waals surface area contributed by atoms with E-state index in [4.69, 9.17) is 13.6 Å². The second-order valence-electron chi connectivity index (χ2n) is 18.9. The fourth-order valence-corrected chi connectivity index (χ4v) is 7.49. The normalized spacial score (nSPS) is 15.2. The summed E-state index contributed by atoms with van der Waals surface area (Å²) in [6, 6.07) is 12.9. The Kier molecular flexibility index (Phi) is 9.94. The van der Waals surface area contributed by atoms with Gasteiger partial charge < -0.3 is 14.2 Å². The molecule has 1 heterocycles. The van der Waals surface area contributed by atoms with Crippen LogP contribution in [0.5, 0.6) is 17.2 Å². The van der Waals surface area contributed by atoms with Crippen molar-refractivity contribution in [2.45, 2.75) is 151 Å². The number of phenols is 1. The number of phosphoric ester groups is 1. The minimum absolute atomic E-state index is 0.128. The Hall–Kier alpha value is -2.75. The first-order valence-electron chi connectivity index (χ1n) is 17.5. The summed E-state index contributed by atoms with van der Waals surface area (Å²) in [6.07, 6.45) is 1.30. The van der Waals surface area contributed by atoms with E-state index >= 15 is 0 Å².